The van der Waals surface area contributed by atoms with Gasteiger partial charge in [0, 0.05) is 0 Å². The van der Waals surface area contributed by atoms with Crippen LogP contribution in [0.1, 0.15) is 16.1 Å². The minimum atomic E-state index is -0.538. The van der Waals surface area contributed by atoms with Crippen molar-refractivity contribution >= 4 is 17.4 Å². The summed E-state index contributed by atoms with van der Waals surface area (Å²) in [5.74, 6) is 4.43. The molecule has 19 heavy (non-hydrogen) atoms. The van der Waals surface area contributed by atoms with E-state index in [1.807, 2.05) is 0 Å². The van der Waals surface area contributed by atoms with Crippen LogP contribution in [0.4, 0.5) is 15.9 Å². The quantitative estimate of drug-likeness (QED) is 0.574. The first-order valence-electron chi connectivity index (χ1n) is 5.47. The molecule has 2 rings (SSSR count). The lowest BCUT2D eigenvalue weighted by atomic mass is 10.2. The molecule has 6 nitrogen and oxygen atoms in total. The molecule has 0 radical (unpaired) electrons. The van der Waals surface area contributed by atoms with Crippen molar-refractivity contribution in [3.05, 3.63) is 47.7 Å². The number of nitrogens with zero attached hydrogens (tertiary/aromatic N) is 2. The number of nitrogens with two attached hydrogens (primary N) is 1. The molecule has 0 saturated heterocycles. The van der Waals surface area contributed by atoms with Gasteiger partial charge in [0.1, 0.15) is 11.5 Å². The third-order valence-electron chi connectivity index (χ3n) is 2.49. The summed E-state index contributed by atoms with van der Waals surface area (Å²) in [4.78, 5) is 19.6. The SMILES string of the molecule is Cc1cccc(F)c1NC(=O)c1cnc(NN)cn1. The molecule has 0 aliphatic carbocycles. The summed E-state index contributed by atoms with van der Waals surface area (Å²) in [6, 6.07) is 4.55. The molecular weight excluding hydrogens is 249 g/mol. The summed E-state index contributed by atoms with van der Waals surface area (Å²) >= 11 is 0. The van der Waals surface area contributed by atoms with E-state index in [9.17, 15) is 9.18 Å². The van der Waals surface area contributed by atoms with Crippen molar-refractivity contribution in [2.24, 2.45) is 5.84 Å². The molecule has 1 heterocycles. The number of amides is 1. The molecule has 0 fully saturated rings. The normalized spacial score (nSPS) is 10.1. The second kappa shape index (κ2) is 5.40. The highest BCUT2D eigenvalue weighted by atomic mass is 19.1. The van der Waals surface area contributed by atoms with Crippen LogP contribution in [0, 0.1) is 12.7 Å². The number of para-hydroxylation sites is 1. The van der Waals surface area contributed by atoms with Crippen molar-refractivity contribution in [3.8, 4) is 0 Å². The first-order valence-corrected chi connectivity index (χ1v) is 5.47. The van der Waals surface area contributed by atoms with Crippen molar-refractivity contribution in [2.45, 2.75) is 6.92 Å². The number of hydrazine groups is 1. The fourth-order valence-corrected chi connectivity index (χ4v) is 1.49. The van der Waals surface area contributed by atoms with Gasteiger partial charge in [0.25, 0.3) is 5.91 Å². The van der Waals surface area contributed by atoms with Crippen LogP contribution in [-0.4, -0.2) is 15.9 Å². The average molecular weight is 261 g/mol. The molecule has 7 heteroatoms. The van der Waals surface area contributed by atoms with E-state index in [4.69, 9.17) is 5.84 Å². The predicted octanol–water partition coefficient (Wildman–Crippen LogP) is 1.46. The molecule has 0 aliphatic heterocycles. The second-order valence-corrected chi connectivity index (χ2v) is 3.82. The standard InChI is InChI=1S/C12H12FN5O/c1-7-3-2-4-8(13)11(7)17-12(19)9-5-16-10(18-14)6-15-9/h2-6H,14H2,1H3,(H,16,18)(H,17,19). The summed E-state index contributed by atoms with van der Waals surface area (Å²) in [5.41, 5.74) is 3.13. The van der Waals surface area contributed by atoms with Crippen molar-refractivity contribution in [3.63, 3.8) is 0 Å². The molecule has 4 N–H and O–H groups in total. The number of aromatic nitrogens is 2. The van der Waals surface area contributed by atoms with E-state index in [1.165, 1.54) is 18.5 Å². The fourth-order valence-electron chi connectivity index (χ4n) is 1.49. The third kappa shape index (κ3) is 2.83. The summed E-state index contributed by atoms with van der Waals surface area (Å²) in [6.07, 6.45) is 2.56. The van der Waals surface area contributed by atoms with E-state index < -0.39 is 11.7 Å². The lowest BCUT2D eigenvalue weighted by Gasteiger charge is -2.08. The smallest absolute Gasteiger partial charge is 0.275 e. The number of benzene rings is 1. The molecule has 0 unspecified atom stereocenters. The topological polar surface area (TPSA) is 92.9 Å². The third-order valence-corrected chi connectivity index (χ3v) is 2.49. The number of hydrogen-bond acceptors (Lipinski definition) is 5. The van der Waals surface area contributed by atoms with Crippen molar-refractivity contribution < 1.29 is 9.18 Å². The Labute approximate surface area is 108 Å². The Morgan fingerprint density at radius 1 is 1.32 bits per heavy atom. The largest absolute Gasteiger partial charge is 0.318 e. The van der Waals surface area contributed by atoms with Crippen LogP contribution in [-0.2, 0) is 0 Å². The molecular formula is C12H12FN5O. The van der Waals surface area contributed by atoms with Crippen LogP contribution in [0.2, 0.25) is 0 Å². The highest BCUT2D eigenvalue weighted by Gasteiger charge is 2.12. The van der Waals surface area contributed by atoms with E-state index in [2.05, 4.69) is 20.7 Å². The zero-order chi connectivity index (χ0) is 13.8. The molecule has 98 valence electrons. The number of hydrogen-bond donors (Lipinski definition) is 3. The lowest BCUT2D eigenvalue weighted by Crippen LogP contribution is -2.17. The zero-order valence-corrected chi connectivity index (χ0v) is 10.1. The average Bonchev–Trinajstić information content (AvgIpc) is 2.43. The van der Waals surface area contributed by atoms with E-state index >= 15 is 0 Å². The highest BCUT2D eigenvalue weighted by molar-refractivity contribution is 6.03. The van der Waals surface area contributed by atoms with Gasteiger partial charge in [-0.3, -0.25) is 4.79 Å². The maximum Gasteiger partial charge on any atom is 0.275 e. The van der Waals surface area contributed by atoms with Crippen LogP contribution < -0.4 is 16.6 Å². The van der Waals surface area contributed by atoms with Crippen molar-refractivity contribution in [1.82, 2.24) is 9.97 Å². The first-order chi connectivity index (χ1) is 9.11. The molecule has 2 aromatic rings. The van der Waals surface area contributed by atoms with Gasteiger partial charge in [0.2, 0.25) is 0 Å². The number of nitrogens with one attached hydrogen (secondary N) is 2. The van der Waals surface area contributed by atoms with Gasteiger partial charge in [0.15, 0.2) is 5.82 Å². The second-order valence-electron chi connectivity index (χ2n) is 3.82. The van der Waals surface area contributed by atoms with Crippen molar-refractivity contribution in [2.75, 3.05) is 10.7 Å². The fraction of sp³-hybridized carbons (Fsp3) is 0.0833. The Hall–Kier alpha value is -2.54. The van der Waals surface area contributed by atoms with E-state index in [1.54, 1.807) is 19.1 Å². The maximum atomic E-state index is 13.6. The van der Waals surface area contributed by atoms with Gasteiger partial charge in [-0.1, -0.05) is 12.1 Å². The number of anilines is 2. The van der Waals surface area contributed by atoms with Gasteiger partial charge in [-0.2, -0.15) is 0 Å². The summed E-state index contributed by atoms with van der Waals surface area (Å²) < 4.78 is 13.6. The number of halogens is 1. The Morgan fingerprint density at radius 2 is 2.11 bits per heavy atom. The minimum absolute atomic E-state index is 0.0710. The monoisotopic (exact) mass is 261 g/mol. The van der Waals surface area contributed by atoms with Gasteiger partial charge in [-0.05, 0) is 18.6 Å². The molecule has 1 amide bonds. The molecule has 0 spiro atoms. The van der Waals surface area contributed by atoms with Crippen LogP contribution >= 0.6 is 0 Å². The summed E-state index contributed by atoms with van der Waals surface area (Å²) in [5, 5.41) is 2.46. The Bertz CT molecular complexity index is 579. The predicted molar refractivity (Wildman–Crippen MR) is 68.9 cm³/mol. The molecule has 0 aliphatic rings. The van der Waals surface area contributed by atoms with Gasteiger partial charge in [-0.25, -0.2) is 20.2 Å². The number of aryl methyl sites for hydroxylation is 1. The lowest BCUT2D eigenvalue weighted by molar-refractivity contribution is 0.102. The number of rotatable bonds is 3. The van der Waals surface area contributed by atoms with Gasteiger partial charge >= 0.3 is 0 Å². The molecule has 0 saturated carbocycles. The van der Waals surface area contributed by atoms with Crippen LogP contribution in [0.25, 0.3) is 0 Å². The van der Waals surface area contributed by atoms with E-state index in [0.717, 1.165) is 0 Å². The van der Waals surface area contributed by atoms with Crippen LogP contribution in [0.3, 0.4) is 0 Å². The minimum Gasteiger partial charge on any atom is -0.318 e. The van der Waals surface area contributed by atoms with Gasteiger partial charge < -0.3 is 10.7 Å². The zero-order valence-electron chi connectivity index (χ0n) is 10.1. The summed E-state index contributed by atoms with van der Waals surface area (Å²) in [6.45, 7) is 1.70. The number of carbonyl (C=O) groups is 1. The van der Waals surface area contributed by atoms with E-state index in [-0.39, 0.29) is 11.4 Å². The number of carbonyl (C=O) groups excluding carboxylic acids is 1. The molecule has 1 aromatic heterocycles. The van der Waals surface area contributed by atoms with Gasteiger partial charge in [0.05, 0.1) is 18.1 Å². The van der Waals surface area contributed by atoms with Crippen LogP contribution in [0.5, 0.6) is 0 Å². The Balaban J connectivity index is 2.20. The van der Waals surface area contributed by atoms with Crippen molar-refractivity contribution in [1.29, 1.82) is 0 Å². The molecule has 0 atom stereocenters. The Kier molecular flexibility index (Phi) is 3.67. The Morgan fingerprint density at radius 3 is 2.68 bits per heavy atom. The first kappa shape index (κ1) is 12.9. The molecule has 0 bridgehead atoms. The molecule has 1 aromatic carbocycles. The van der Waals surface area contributed by atoms with Gasteiger partial charge in [-0.15, -0.1) is 0 Å². The maximum absolute atomic E-state index is 13.6. The summed E-state index contributed by atoms with van der Waals surface area (Å²) in [7, 11) is 0. The highest BCUT2D eigenvalue weighted by Crippen LogP contribution is 2.19. The number of nitrogen functional groups attached to an aromatic ring is 1. The van der Waals surface area contributed by atoms with Crippen LogP contribution in [0.15, 0.2) is 30.6 Å². The van der Waals surface area contributed by atoms with E-state index in [0.29, 0.717) is 11.4 Å².